The molecule has 0 spiro atoms. The lowest BCUT2D eigenvalue weighted by Gasteiger charge is -2.33. The fraction of sp³-hybridized carbons (Fsp3) is 0.393. The van der Waals surface area contributed by atoms with E-state index in [1.54, 1.807) is 6.07 Å². The summed E-state index contributed by atoms with van der Waals surface area (Å²) in [6.45, 7) is 4.82. The molecule has 192 valence electrons. The lowest BCUT2D eigenvalue weighted by atomic mass is 9.86. The third-order valence-corrected chi connectivity index (χ3v) is 7.65. The lowest BCUT2D eigenvalue weighted by molar-refractivity contribution is 0.0847. The van der Waals surface area contributed by atoms with E-state index in [1.807, 2.05) is 12.1 Å². The number of carbonyl (C=O) groups excluding carboxylic acids is 1. The second kappa shape index (κ2) is 9.79. The highest BCUT2D eigenvalue weighted by Crippen LogP contribution is 2.35. The molecule has 3 N–H and O–H groups in total. The van der Waals surface area contributed by atoms with E-state index in [0.717, 1.165) is 51.3 Å². The van der Waals surface area contributed by atoms with Gasteiger partial charge in [0.25, 0.3) is 5.91 Å². The number of fused-ring (bicyclic) bond motifs is 1. The largest absolute Gasteiger partial charge is 0.382 e. The summed E-state index contributed by atoms with van der Waals surface area (Å²) in [7, 11) is 0. The Bertz CT molecular complexity index is 1370. The minimum atomic E-state index is -0.771. The molecule has 0 unspecified atom stereocenters. The van der Waals surface area contributed by atoms with Crippen LogP contribution in [0.1, 0.15) is 52.2 Å². The van der Waals surface area contributed by atoms with Crippen LogP contribution in [0.25, 0.3) is 22.5 Å². The molecule has 0 aliphatic carbocycles. The van der Waals surface area contributed by atoms with E-state index in [1.165, 1.54) is 18.1 Å². The molecule has 7 nitrogen and oxygen atoms in total. The van der Waals surface area contributed by atoms with Gasteiger partial charge < -0.3 is 15.8 Å². The van der Waals surface area contributed by atoms with Crippen LogP contribution in [0.2, 0.25) is 0 Å². The molecule has 2 fully saturated rings. The Morgan fingerprint density at radius 1 is 1.05 bits per heavy atom. The van der Waals surface area contributed by atoms with Crippen molar-refractivity contribution in [1.29, 1.82) is 0 Å². The van der Waals surface area contributed by atoms with Gasteiger partial charge in [-0.15, -0.1) is 0 Å². The Balaban J connectivity index is 1.41. The first-order valence-electron chi connectivity index (χ1n) is 12.8. The van der Waals surface area contributed by atoms with Crippen LogP contribution in [-0.2, 0) is 17.7 Å². The second-order valence-electron chi connectivity index (χ2n) is 10.0. The summed E-state index contributed by atoms with van der Waals surface area (Å²) in [5, 5.41) is 2.65. The van der Waals surface area contributed by atoms with Crippen LogP contribution in [0.5, 0.6) is 0 Å². The Kier molecular flexibility index (Phi) is 6.34. The summed E-state index contributed by atoms with van der Waals surface area (Å²) < 4.78 is 35.6. The number of nitrogens with one attached hydrogen (secondary N) is 1. The van der Waals surface area contributed by atoms with Crippen LogP contribution >= 0.6 is 0 Å². The number of nitrogen functional groups attached to an aromatic ring is 1. The fourth-order valence-corrected chi connectivity index (χ4v) is 5.55. The minimum absolute atomic E-state index is 0.0307. The van der Waals surface area contributed by atoms with Crippen LogP contribution in [0.3, 0.4) is 0 Å². The van der Waals surface area contributed by atoms with Crippen LogP contribution in [0, 0.1) is 11.8 Å². The molecule has 0 saturated carbocycles. The summed E-state index contributed by atoms with van der Waals surface area (Å²) >= 11 is 0. The van der Waals surface area contributed by atoms with E-state index in [9.17, 15) is 9.18 Å². The number of hydrogen-bond donors (Lipinski definition) is 2. The second-order valence-corrected chi connectivity index (χ2v) is 10.0. The zero-order valence-corrected chi connectivity index (χ0v) is 20.5. The van der Waals surface area contributed by atoms with E-state index < -0.39 is 17.7 Å². The average Bonchev–Trinajstić information content (AvgIpc) is 2.86. The number of rotatable bonds is 5. The molecule has 3 aliphatic heterocycles. The van der Waals surface area contributed by atoms with Gasteiger partial charge in [0, 0.05) is 37.4 Å². The van der Waals surface area contributed by atoms with E-state index in [2.05, 4.69) is 26.3 Å². The maximum absolute atomic E-state index is 15.2. The Morgan fingerprint density at radius 2 is 1.86 bits per heavy atom. The highest BCUT2D eigenvalue weighted by atomic mass is 19.1. The maximum atomic E-state index is 15.2. The molecule has 6 rings (SSSR count). The highest BCUT2D eigenvalue weighted by molar-refractivity contribution is 5.97. The van der Waals surface area contributed by atoms with Crippen molar-refractivity contribution < 1.29 is 18.3 Å². The number of benzene rings is 2. The quantitative estimate of drug-likeness (QED) is 0.543. The van der Waals surface area contributed by atoms with Gasteiger partial charge in [0.2, 0.25) is 5.95 Å². The number of nitrogens with two attached hydrogens (primary N) is 1. The molecule has 3 aliphatic rings. The summed E-state index contributed by atoms with van der Waals surface area (Å²) in [6, 6.07) is 8.88. The standard InChI is InChI=1S/C28H29F2N5O2/c29-22-14-19(12-17-4-7-32-28(36)23(17)22)25-27(31)34-26(30)24(33-25)18-2-3-21(16-5-10-37-11-6-16)20(13-18)15-35-8-1-9-35/h2-3,12-14,16H,1,4-11,15H2,(H2,31,34)(H,32,36). The predicted octanol–water partition coefficient (Wildman–Crippen LogP) is 4.06. The van der Waals surface area contributed by atoms with Crippen molar-refractivity contribution in [3.8, 4) is 22.5 Å². The van der Waals surface area contributed by atoms with Crippen molar-refractivity contribution >= 4 is 11.7 Å². The van der Waals surface area contributed by atoms with E-state index in [0.29, 0.717) is 35.6 Å². The van der Waals surface area contributed by atoms with Crippen LogP contribution < -0.4 is 11.1 Å². The van der Waals surface area contributed by atoms with E-state index in [4.69, 9.17) is 10.5 Å². The number of halogens is 2. The number of amides is 1. The predicted molar refractivity (Wildman–Crippen MR) is 136 cm³/mol. The topological polar surface area (TPSA) is 93.4 Å². The number of likely N-dealkylation sites (tertiary alicyclic amines) is 1. The van der Waals surface area contributed by atoms with E-state index in [-0.39, 0.29) is 22.8 Å². The number of anilines is 1. The van der Waals surface area contributed by atoms with Crippen LogP contribution in [0.4, 0.5) is 14.6 Å². The Labute approximate surface area is 214 Å². The van der Waals surface area contributed by atoms with Crippen LogP contribution in [-0.4, -0.2) is 53.6 Å². The fourth-order valence-electron chi connectivity index (χ4n) is 5.55. The van der Waals surface area contributed by atoms with Crippen LogP contribution in [0.15, 0.2) is 30.3 Å². The lowest BCUT2D eigenvalue weighted by Crippen LogP contribution is -2.36. The molecule has 2 aromatic carbocycles. The van der Waals surface area contributed by atoms with Crippen molar-refractivity contribution in [2.75, 3.05) is 38.6 Å². The molecule has 0 bridgehead atoms. The number of aromatic nitrogens is 2. The molecule has 0 atom stereocenters. The minimum Gasteiger partial charge on any atom is -0.382 e. The molecular formula is C28H29F2N5O2. The average molecular weight is 506 g/mol. The summed E-state index contributed by atoms with van der Waals surface area (Å²) in [5.41, 5.74) is 10.4. The Morgan fingerprint density at radius 3 is 2.62 bits per heavy atom. The van der Waals surface area contributed by atoms with Crippen molar-refractivity contribution in [2.45, 2.75) is 38.1 Å². The van der Waals surface area contributed by atoms with Crippen molar-refractivity contribution in [1.82, 2.24) is 20.2 Å². The van der Waals surface area contributed by atoms with Crippen molar-refractivity contribution in [2.24, 2.45) is 0 Å². The molecule has 1 aromatic heterocycles. The summed E-state index contributed by atoms with van der Waals surface area (Å²) in [4.78, 5) is 23.0. The first-order valence-corrected chi connectivity index (χ1v) is 12.8. The molecule has 0 radical (unpaired) electrons. The van der Waals surface area contributed by atoms with Gasteiger partial charge in [0.15, 0.2) is 5.82 Å². The zero-order chi connectivity index (χ0) is 25.5. The van der Waals surface area contributed by atoms with Gasteiger partial charge in [-0.05, 0) is 79.6 Å². The first-order chi connectivity index (χ1) is 18.0. The van der Waals surface area contributed by atoms with Crippen molar-refractivity contribution in [3.63, 3.8) is 0 Å². The third kappa shape index (κ3) is 4.57. The summed E-state index contributed by atoms with van der Waals surface area (Å²) in [6.07, 6.45) is 3.61. The molecule has 9 heteroatoms. The van der Waals surface area contributed by atoms with Gasteiger partial charge in [-0.1, -0.05) is 12.1 Å². The highest BCUT2D eigenvalue weighted by Gasteiger charge is 2.26. The SMILES string of the molecule is Nc1nc(F)c(-c2ccc(C3CCOCC3)c(CN3CCC3)c2)nc1-c1cc(F)c2c(c1)CCNC2=O. The number of ether oxygens (including phenoxy) is 1. The molecular weight excluding hydrogens is 476 g/mol. The number of hydrogen-bond acceptors (Lipinski definition) is 6. The molecule has 37 heavy (non-hydrogen) atoms. The third-order valence-electron chi connectivity index (χ3n) is 7.65. The van der Waals surface area contributed by atoms with Gasteiger partial charge in [-0.3, -0.25) is 9.69 Å². The van der Waals surface area contributed by atoms with Gasteiger partial charge >= 0.3 is 0 Å². The van der Waals surface area contributed by atoms with Gasteiger partial charge in [-0.25, -0.2) is 9.37 Å². The van der Waals surface area contributed by atoms with Gasteiger partial charge in [-0.2, -0.15) is 9.37 Å². The molecule has 3 aromatic rings. The molecule has 2 saturated heterocycles. The van der Waals surface area contributed by atoms with E-state index >= 15 is 4.39 Å². The van der Waals surface area contributed by atoms with Gasteiger partial charge in [0.1, 0.15) is 17.2 Å². The Hall–Kier alpha value is -3.43. The number of carbonyl (C=O) groups is 1. The normalized spacial score (nSPS) is 18.3. The first kappa shape index (κ1) is 23.9. The molecule has 4 heterocycles. The summed E-state index contributed by atoms with van der Waals surface area (Å²) in [5.74, 6) is -1.58. The molecule has 1 amide bonds. The smallest absolute Gasteiger partial charge is 0.254 e. The maximum Gasteiger partial charge on any atom is 0.254 e. The van der Waals surface area contributed by atoms with Crippen molar-refractivity contribution in [3.05, 3.63) is 64.4 Å². The number of nitrogens with zero attached hydrogens (tertiary/aromatic N) is 3. The van der Waals surface area contributed by atoms with Gasteiger partial charge in [0.05, 0.1) is 5.56 Å². The monoisotopic (exact) mass is 505 g/mol. The zero-order valence-electron chi connectivity index (χ0n) is 20.5.